The Morgan fingerprint density at radius 1 is 1.43 bits per heavy atom. The third-order valence-corrected chi connectivity index (χ3v) is 2.77. The van der Waals surface area contributed by atoms with E-state index < -0.39 is 0 Å². The van der Waals surface area contributed by atoms with Crippen molar-refractivity contribution in [1.82, 2.24) is 14.9 Å². The summed E-state index contributed by atoms with van der Waals surface area (Å²) in [6, 6.07) is 0. The van der Waals surface area contributed by atoms with Gasteiger partial charge in [-0.05, 0) is 27.2 Å². The average molecular weight is 195 g/mol. The molecule has 1 N–H and O–H groups in total. The van der Waals surface area contributed by atoms with Crippen LogP contribution in [0.15, 0.2) is 12.5 Å². The van der Waals surface area contributed by atoms with Crippen LogP contribution >= 0.6 is 0 Å². The van der Waals surface area contributed by atoms with E-state index in [0.29, 0.717) is 0 Å². The normalized spacial score (nSPS) is 12.0. The topological polar surface area (TPSA) is 29.9 Å². The quantitative estimate of drug-likeness (QED) is 0.780. The van der Waals surface area contributed by atoms with E-state index >= 15 is 0 Å². The Balaban J connectivity index is 2.53. The molecule has 0 radical (unpaired) electrons. The van der Waals surface area contributed by atoms with Gasteiger partial charge in [-0.15, -0.1) is 0 Å². The zero-order chi connectivity index (χ0) is 10.6. The number of aromatic nitrogens is 2. The molecule has 1 heterocycles. The fourth-order valence-corrected chi connectivity index (χ4v) is 1.23. The summed E-state index contributed by atoms with van der Waals surface area (Å²) in [6.45, 7) is 10.7. The van der Waals surface area contributed by atoms with Crippen LogP contribution in [-0.4, -0.2) is 15.1 Å². The van der Waals surface area contributed by atoms with Crippen molar-refractivity contribution in [3.05, 3.63) is 18.2 Å². The molecule has 0 aliphatic carbocycles. The predicted molar refractivity (Wildman–Crippen MR) is 59.1 cm³/mol. The first-order valence-corrected chi connectivity index (χ1v) is 5.33. The van der Waals surface area contributed by atoms with Crippen LogP contribution in [0.2, 0.25) is 0 Å². The van der Waals surface area contributed by atoms with Crippen molar-refractivity contribution >= 4 is 0 Å². The number of aryl methyl sites for hydroxylation is 1. The Morgan fingerprint density at radius 2 is 2.14 bits per heavy atom. The predicted octanol–water partition coefficient (Wildman–Crippen LogP) is 2.18. The van der Waals surface area contributed by atoms with E-state index in [2.05, 4.69) is 42.6 Å². The minimum absolute atomic E-state index is 0.211. The van der Waals surface area contributed by atoms with Gasteiger partial charge in [-0.1, -0.05) is 6.92 Å². The van der Waals surface area contributed by atoms with Gasteiger partial charge < -0.3 is 9.88 Å². The lowest BCUT2D eigenvalue weighted by molar-refractivity contribution is 0.369. The molecule has 0 unspecified atom stereocenters. The van der Waals surface area contributed by atoms with E-state index in [9.17, 15) is 0 Å². The molecule has 0 amide bonds. The lowest BCUT2D eigenvalue weighted by atomic mass is 10.0. The molecule has 0 saturated carbocycles. The standard InChI is InChI=1S/C11H21N3/c1-5-11(3,4)13-8-10-7-12-9-14(10)6-2/h7,9,13H,5-6,8H2,1-4H3. The molecule has 1 aromatic heterocycles. The van der Waals surface area contributed by atoms with Gasteiger partial charge in [-0.3, -0.25) is 0 Å². The Kier molecular flexibility index (Phi) is 3.69. The molecule has 0 aliphatic heterocycles. The van der Waals surface area contributed by atoms with E-state index in [4.69, 9.17) is 0 Å². The zero-order valence-corrected chi connectivity index (χ0v) is 9.67. The SMILES string of the molecule is CCn1cncc1CNC(C)(C)CC. The molecule has 14 heavy (non-hydrogen) atoms. The lowest BCUT2D eigenvalue weighted by Gasteiger charge is -2.24. The van der Waals surface area contributed by atoms with E-state index in [1.807, 2.05) is 12.5 Å². The smallest absolute Gasteiger partial charge is 0.0948 e. The molecule has 0 fully saturated rings. The summed E-state index contributed by atoms with van der Waals surface area (Å²) in [4.78, 5) is 4.14. The van der Waals surface area contributed by atoms with Gasteiger partial charge in [0.25, 0.3) is 0 Å². The van der Waals surface area contributed by atoms with Crippen molar-refractivity contribution in [1.29, 1.82) is 0 Å². The van der Waals surface area contributed by atoms with Crippen molar-refractivity contribution in [2.45, 2.75) is 52.7 Å². The Hall–Kier alpha value is -0.830. The molecule has 0 aliphatic rings. The highest BCUT2D eigenvalue weighted by Crippen LogP contribution is 2.08. The first kappa shape index (κ1) is 11.2. The highest BCUT2D eigenvalue weighted by molar-refractivity contribution is 4.98. The van der Waals surface area contributed by atoms with Gasteiger partial charge in [0.2, 0.25) is 0 Å². The van der Waals surface area contributed by atoms with Gasteiger partial charge >= 0.3 is 0 Å². The second kappa shape index (κ2) is 4.60. The van der Waals surface area contributed by atoms with Gasteiger partial charge in [-0.2, -0.15) is 0 Å². The maximum absolute atomic E-state index is 4.14. The molecule has 0 spiro atoms. The van der Waals surface area contributed by atoms with Crippen molar-refractivity contribution in [3.8, 4) is 0 Å². The van der Waals surface area contributed by atoms with Crippen LogP contribution in [0.25, 0.3) is 0 Å². The molecule has 0 aromatic carbocycles. The number of nitrogens with one attached hydrogen (secondary N) is 1. The summed E-state index contributed by atoms with van der Waals surface area (Å²) in [5.41, 5.74) is 1.47. The number of hydrogen-bond donors (Lipinski definition) is 1. The van der Waals surface area contributed by atoms with Gasteiger partial charge in [0.15, 0.2) is 0 Å². The third kappa shape index (κ3) is 2.84. The van der Waals surface area contributed by atoms with Crippen LogP contribution in [0.3, 0.4) is 0 Å². The van der Waals surface area contributed by atoms with Crippen LogP contribution in [0, 0.1) is 0 Å². The Morgan fingerprint density at radius 3 is 2.71 bits per heavy atom. The van der Waals surface area contributed by atoms with Crippen molar-refractivity contribution < 1.29 is 0 Å². The summed E-state index contributed by atoms with van der Waals surface area (Å²) < 4.78 is 2.17. The second-order valence-corrected chi connectivity index (χ2v) is 4.26. The first-order valence-electron chi connectivity index (χ1n) is 5.33. The fourth-order valence-electron chi connectivity index (χ4n) is 1.23. The first-order chi connectivity index (χ1) is 6.59. The van der Waals surface area contributed by atoms with E-state index in [-0.39, 0.29) is 5.54 Å². The summed E-state index contributed by atoms with van der Waals surface area (Å²) in [5.74, 6) is 0. The third-order valence-electron chi connectivity index (χ3n) is 2.77. The summed E-state index contributed by atoms with van der Waals surface area (Å²) in [5, 5.41) is 3.52. The van der Waals surface area contributed by atoms with Crippen molar-refractivity contribution in [2.24, 2.45) is 0 Å². The van der Waals surface area contributed by atoms with Gasteiger partial charge in [-0.25, -0.2) is 4.98 Å². The number of hydrogen-bond acceptors (Lipinski definition) is 2. The largest absolute Gasteiger partial charge is 0.334 e. The maximum atomic E-state index is 4.14. The minimum atomic E-state index is 0.211. The molecule has 0 bridgehead atoms. The zero-order valence-electron chi connectivity index (χ0n) is 9.67. The highest BCUT2D eigenvalue weighted by atomic mass is 15.1. The lowest BCUT2D eigenvalue weighted by Crippen LogP contribution is -2.38. The van der Waals surface area contributed by atoms with Gasteiger partial charge in [0.1, 0.15) is 0 Å². The molecule has 1 rings (SSSR count). The average Bonchev–Trinajstić information content (AvgIpc) is 2.62. The number of imidazole rings is 1. The van der Waals surface area contributed by atoms with Crippen LogP contribution in [-0.2, 0) is 13.1 Å². The van der Waals surface area contributed by atoms with Crippen LogP contribution in [0.1, 0.15) is 39.8 Å². The highest BCUT2D eigenvalue weighted by Gasteiger charge is 2.14. The molecule has 3 nitrogen and oxygen atoms in total. The Labute approximate surface area is 86.5 Å². The van der Waals surface area contributed by atoms with Gasteiger partial charge in [0, 0.05) is 24.8 Å². The summed E-state index contributed by atoms with van der Waals surface area (Å²) in [7, 11) is 0. The number of rotatable bonds is 5. The van der Waals surface area contributed by atoms with Gasteiger partial charge in [0.05, 0.1) is 12.0 Å². The second-order valence-electron chi connectivity index (χ2n) is 4.26. The van der Waals surface area contributed by atoms with E-state index in [1.165, 1.54) is 5.69 Å². The van der Waals surface area contributed by atoms with E-state index in [0.717, 1.165) is 19.5 Å². The summed E-state index contributed by atoms with van der Waals surface area (Å²) in [6.07, 6.45) is 4.95. The van der Waals surface area contributed by atoms with Crippen molar-refractivity contribution in [2.75, 3.05) is 0 Å². The molecular weight excluding hydrogens is 174 g/mol. The molecule has 3 heteroatoms. The number of nitrogens with zero attached hydrogens (tertiary/aromatic N) is 2. The van der Waals surface area contributed by atoms with Crippen LogP contribution < -0.4 is 5.32 Å². The Bertz CT molecular complexity index is 276. The molecule has 0 atom stereocenters. The van der Waals surface area contributed by atoms with Crippen LogP contribution in [0.4, 0.5) is 0 Å². The molecule has 1 aromatic rings. The molecular formula is C11H21N3. The molecule has 0 saturated heterocycles. The fraction of sp³-hybridized carbons (Fsp3) is 0.727. The maximum Gasteiger partial charge on any atom is 0.0948 e. The summed E-state index contributed by atoms with van der Waals surface area (Å²) >= 11 is 0. The minimum Gasteiger partial charge on any atom is -0.334 e. The molecule has 80 valence electrons. The van der Waals surface area contributed by atoms with Crippen LogP contribution in [0.5, 0.6) is 0 Å². The van der Waals surface area contributed by atoms with Crippen molar-refractivity contribution in [3.63, 3.8) is 0 Å². The monoisotopic (exact) mass is 195 g/mol. The van der Waals surface area contributed by atoms with E-state index in [1.54, 1.807) is 0 Å².